The van der Waals surface area contributed by atoms with Gasteiger partial charge in [-0.15, -0.1) is 0 Å². The van der Waals surface area contributed by atoms with Gasteiger partial charge in [0.1, 0.15) is 0 Å². The Hall–Kier alpha value is -5.07. The van der Waals surface area contributed by atoms with Gasteiger partial charge in [-0.1, -0.05) is 110 Å². The third-order valence-corrected chi connectivity index (χ3v) is 9.89. The Kier molecular flexibility index (Phi) is 10.1. The van der Waals surface area contributed by atoms with Crippen LogP contribution in [0, 0.1) is 0 Å². The van der Waals surface area contributed by atoms with Crippen molar-refractivity contribution in [2.24, 2.45) is 0 Å². The van der Waals surface area contributed by atoms with E-state index < -0.39 is 0 Å². The van der Waals surface area contributed by atoms with Crippen LogP contribution in [-0.2, 0) is 22.4 Å². The smallest absolute Gasteiger partial charge is 0.220 e. The lowest BCUT2D eigenvalue weighted by Crippen LogP contribution is -2.35. The zero-order valence-electron chi connectivity index (χ0n) is 27.4. The van der Waals surface area contributed by atoms with Crippen LogP contribution in [0.3, 0.4) is 0 Å². The minimum atomic E-state index is -0.132. The molecule has 48 heavy (non-hydrogen) atoms. The standard InChI is InChI=1S/C20H19NO2.C18H17NO.C4H6O/c1-13(22)21(18-11-10-14-6-2-3-7-15(14)18)19-12-20(23)17-9-5-4-8-16(17)19;20-18-11-17(14-7-3-4-8-15(14)18)19-16-10-9-12-5-1-2-6-13(12)16;1-3-5-4-2/h2-9,18-19H,10-12H2,1H3;1-8,16-17,19H,9-11H2;3-4H,1-2H2. The molecule has 0 bridgehead atoms. The van der Waals surface area contributed by atoms with Gasteiger partial charge >= 0.3 is 0 Å². The fourth-order valence-electron chi connectivity index (χ4n) is 7.81. The molecule has 0 saturated carbocycles. The molecular formula is C42H42N2O4. The maximum atomic E-state index is 12.5. The molecular weight excluding hydrogens is 596 g/mol. The Bertz CT molecular complexity index is 1840. The molecule has 1 N–H and O–H groups in total. The van der Waals surface area contributed by atoms with Gasteiger partial charge in [0.2, 0.25) is 5.91 Å². The largest absolute Gasteiger partial charge is 0.474 e. The molecule has 0 aliphatic heterocycles. The molecule has 4 aromatic rings. The molecule has 0 radical (unpaired) electrons. The lowest BCUT2D eigenvalue weighted by Gasteiger charge is -2.34. The van der Waals surface area contributed by atoms with Crippen molar-refractivity contribution in [3.8, 4) is 0 Å². The van der Waals surface area contributed by atoms with Crippen molar-refractivity contribution in [1.82, 2.24) is 10.2 Å². The van der Waals surface area contributed by atoms with Crippen molar-refractivity contribution in [2.75, 3.05) is 0 Å². The highest BCUT2D eigenvalue weighted by molar-refractivity contribution is 6.02. The first kappa shape index (κ1) is 32.9. The highest BCUT2D eigenvalue weighted by Gasteiger charge is 2.40. The summed E-state index contributed by atoms with van der Waals surface area (Å²) in [5, 5.41) is 3.70. The molecule has 4 aromatic carbocycles. The zero-order valence-corrected chi connectivity index (χ0v) is 27.4. The summed E-state index contributed by atoms with van der Waals surface area (Å²) in [6, 6.07) is 33.2. The van der Waals surface area contributed by atoms with E-state index >= 15 is 0 Å². The second-order valence-corrected chi connectivity index (χ2v) is 12.6. The molecule has 0 spiro atoms. The number of benzene rings is 4. The van der Waals surface area contributed by atoms with E-state index in [2.05, 4.69) is 65.7 Å². The van der Waals surface area contributed by atoms with Gasteiger partial charge in [0.05, 0.1) is 24.6 Å². The van der Waals surface area contributed by atoms with Crippen molar-refractivity contribution < 1.29 is 19.1 Å². The molecule has 0 saturated heterocycles. The van der Waals surface area contributed by atoms with Gasteiger partial charge in [0.25, 0.3) is 0 Å². The summed E-state index contributed by atoms with van der Waals surface area (Å²) in [7, 11) is 0. The quantitative estimate of drug-likeness (QED) is 0.214. The van der Waals surface area contributed by atoms with Crippen LogP contribution in [0.25, 0.3) is 0 Å². The van der Waals surface area contributed by atoms with E-state index in [4.69, 9.17) is 0 Å². The fourth-order valence-corrected chi connectivity index (χ4v) is 7.81. The lowest BCUT2D eigenvalue weighted by molar-refractivity contribution is -0.134. The lowest BCUT2D eigenvalue weighted by atomic mass is 10.0. The predicted octanol–water partition coefficient (Wildman–Crippen LogP) is 8.73. The third-order valence-electron chi connectivity index (χ3n) is 9.89. The third kappa shape index (κ3) is 6.67. The van der Waals surface area contributed by atoms with Crippen LogP contribution in [0.5, 0.6) is 0 Å². The van der Waals surface area contributed by atoms with E-state index in [0.717, 1.165) is 42.4 Å². The van der Waals surface area contributed by atoms with E-state index in [0.29, 0.717) is 18.9 Å². The van der Waals surface area contributed by atoms with E-state index in [-0.39, 0.29) is 35.6 Å². The summed E-state index contributed by atoms with van der Waals surface area (Å²) in [6.07, 6.45) is 7.82. The second-order valence-electron chi connectivity index (χ2n) is 12.6. The molecule has 244 valence electrons. The van der Waals surface area contributed by atoms with Crippen LogP contribution < -0.4 is 5.32 Å². The average molecular weight is 639 g/mol. The number of ketones is 2. The Morgan fingerprint density at radius 2 is 1.19 bits per heavy atom. The Morgan fingerprint density at radius 1 is 0.667 bits per heavy atom. The van der Waals surface area contributed by atoms with Crippen LogP contribution in [0.15, 0.2) is 123 Å². The number of amides is 1. The molecule has 4 aliphatic rings. The summed E-state index contributed by atoms with van der Waals surface area (Å²) in [5.74, 6) is 0.453. The topological polar surface area (TPSA) is 75.7 Å². The predicted molar refractivity (Wildman–Crippen MR) is 188 cm³/mol. The molecule has 0 heterocycles. The average Bonchev–Trinajstić information content (AvgIpc) is 3.88. The number of rotatable bonds is 6. The van der Waals surface area contributed by atoms with Gasteiger partial charge < -0.3 is 15.0 Å². The van der Waals surface area contributed by atoms with Gasteiger partial charge in [0, 0.05) is 43.0 Å². The fraction of sp³-hybridized carbons (Fsp3) is 0.262. The first-order valence-corrected chi connectivity index (χ1v) is 16.7. The minimum Gasteiger partial charge on any atom is -0.474 e. The van der Waals surface area contributed by atoms with Gasteiger partial charge in [0.15, 0.2) is 11.6 Å². The second kappa shape index (κ2) is 14.8. The van der Waals surface area contributed by atoms with Gasteiger partial charge in [-0.2, -0.15) is 0 Å². The van der Waals surface area contributed by atoms with Crippen LogP contribution in [0.4, 0.5) is 0 Å². The van der Waals surface area contributed by atoms with Crippen LogP contribution in [0.2, 0.25) is 0 Å². The van der Waals surface area contributed by atoms with E-state index in [1.807, 2.05) is 59.5 Å². The Morgan fingerprint density at radius 3 is 1.83 bits per heavy atom. The summed E-state index contributed by atoms with van der Waals surface area (Å²) in [5.41, 5.74) is 9.25. The number of Topliss-reactive ketones (excluding diaryl/α,β-unsaturated/α-hetero) is 2. The number of nitrogens with one attached hydrogen (secondary N) is 1. The maximum absolute atomic E-state index is 12.5. The summed E-state index contributed by atoms with van der Waals surface area (Å²) < 4.78 is 4.36. The van der Waals surface area contributed by atoms with Crippen molar-refractivity contribution in [3.05, 3.63) is 167 Å². The number of carbonyl (C=O) groups is 3. The van der Waals surface area contributed by atoms with Crippen molar-refractivity contribution >= 4 is 17.5 Å². The highest BCUT2D eigenvalue weighted by atomic mass is 16.5. The SMILES string of the molecule is C=COC=C.CC(=O)N(C1CCc2ccccc21)C1CC(=O)c2ccccc21.O=C1CC(NC2CCc3ccccc32)c2ccccc21. The Balaban J connectivity index is 0.000000148. The molecule has 4 aliphatic carbocycles. The van der Waals surface area contributed by atoms with Crippen molar-refractivity contribution in [3.63, 3.8) is 0 Å². The van der Waals surface area contributed by atoms with Gasteiger partial charge in [-0.3, -0.25) is 14.4 Å². The van der Waals surface area contributed by atoms with E-state index in [1.54, 1.807) is 6.92 Å². The number of ether oxygens (including phenoxy) is 1. The minimum absolute atomic E-state index is 0.0428. The highest BCUT2D eigenvalue weighted by Crippen LogP contribution is 2.45. The maximum Gasteiger partial charge on any atom is 0.220 e. The normalized spacial score (nSPS) is 20.9. The molecule has 6 heteroatoms. The summed E-state index contributed by atoms with van der Waals surface area (Å²) in [6.45, 7) is 8.13. The number of hydrogen-bond donors (Lipinski definition) is 1. The first-order valence-electron chi connectivity index (χ1n) is 16.7. The van der Waals surface area contributed by atoms with Crippen molar-refractivity contribution in [1.29, 1.82) is 0 Å². The number of carbonyl (C=O) groups excluding carboxylic acids is 3. The van der Waals surface area contributed by atoms with E-state index in [1.165, 1.54) is 40.3 Å². The van der Waals surface area contributed by atoms with E-state index in [9.17, 15) is 14.4 Å². The monoisotopic (exact) mass is 638 g/mol. The van der Waals surface area contributed by atoms with Gasteiger partial charge in [-0.25, -0.2) is 0 Å². The molecule has 0 fully saturated rings. The number of fused-ring (bicyclic) bond motifs is 4. The molecule has 0 aromatic heterocycles. The molecule has 1 amide bonds. The number of hydrogen-bond acceptors (Lipinski definition) is 5. The van der Waals surface area contributed by atoms with Gasteiger partial charge in [-0.05, 0) is 59.1 Å². The number of aryl methyl sites for hydroxylation is 2. The number of nitrogens with zero attached hydrogens (tertiary/aromatic N) is 1. The van der Waals surface area contributed by atoms with Crippen LogP contribution in [0.1, 0.15) is 111 Å². The zero-order chi connectivity index (χ0) is 33.6. The molecule has 4 unspecified atom stereocenters. The molecule has 8 rings (SSSR count). The summed E-state index contributed by atoms with van der Waals surface area (Å²) in [4.78, 5) is 38.8. The summed E-state index contributed by atoms with van der Waals surface area (Å²) >= 11 is 0. The van der Waals surface area contributed by atoms with Crippen LogP contribution >= 0.6 is 0 Å². The molecule has 4 atom stereocenters. The first-order chi connectivity index (χ1) is 23.4. The Labute approximate surface area is 283 Å². The molecule has 6 nitrogen and oxygen atoms in total. The van der Waals surface area contributed by atoms with Crippen molar-refractivity contribution in [2.45, 2.75) is 69.6 Å². The van der Waals surface area contributed by atoms with Crippen LogP contribution in [-0.4, -0.2) is 22.4 Å².